The molecular weight excluding hydrogens is 637 g/mol. The minimum atomic E-state index is -0.196. The van der Waals surface area contributed by atoms with Crippen LogP contribution in [0.25, 0.3) is 31.3 Å². The van der Waals surface area contributed by atoms with Gasteiger partial charge in [-0.05, 0) is 89.9 Å². The third-order valence-corrected chi connectivity index (χ3v) is 12.7. The first-order valence-corrected chi connectivity index (χ1v) is 18.7. The van der Waals surface area contributed by atoms with Gasteiger partial charge in [0.1, 0.15) is 0 Å². The maximum Gasteiger partial charge on any atom is 0.252 e. The molecule has 0 unspecified atom stereocenters. The van der Waals surface area contributed by atoms with E-state index in [4.69, 9.17) is 0 Å². The van der Waals surface area contributed by atoms with E-state index in [9.17, 15) is 0 Å². The molecule has 0 N–H and O–H groups in total. The summed E-state index contributed by atoms with van der Waals surface area (Å²) in [4.78, 5) is 7.66. The Balaban J connectivity index is 1.17. The standard InChI is InChI=1S/C46H34BN3S/c1-46(2)36-21-12-22-38-44(36)48(29-49(46)31-14-5-3-6-15-31)39-23-13-24-40-43(39)47(38)37-27-26-30(28-41(37)50(40)32-16-7-4-8-17-32)33-19-11-20-35-34-18-9-10-25-42(34)51-45(33)35/h3-28H,29H2,1-2H3. The van der Waals surface area contributed by atoms with E-state index < -0.39 is 0 Å². The van der Waals surface area contributed by atoms with Gasteiger partial charge in [0.05, 0.1) is 12.2 Å². The summed E-state index contributed by atoms with van der Waals surface area (Å²) in [7, 11) is 0. The Bertz CT molecular complexity index is 2680. The van der Waals surface area contributed by atoms with Gasteiger partial charge in [-0.2, -0.15) is 0 Å². The van der Waals surface area contributed by atoms with Crippen molar-refractivity contribution in [2.24, 2.45) is 0 Å². The molecule has 0 radical (unpaired) electrons. The molecule has 242 valence electrons. The Labute approximate surface area is 302 Å². The van der Waals surface area contributed by atoms with E-state index in [1.54, 1.807) is 0 Å². The molecule has 3 nitrogen and oxygen atoms in total. The first-order chi connectivity index (χ1) is 25.1. The van der Waals surface area contributed by atoms with Crippen molar-refractivity contribution in [3.05, 3.63) is 163 Å². The average Bonchev–Trinajstić information content (AvgIpc) is 3.56. The lowest BCUT2D eigenvalue weighted by Crippen LogP contribution is -2.65. The van der Waals surface area contributed by atoms with Gasteiger partial charge < -0.3 is 14.7 Å². The zero-order valence-electron chi connectivity index (χ0n) is 28.5. The molecule has 1 aromatic heterocycles. The quantitative estimate of drug-likeness (QED) is 0.173. The lowest BCUT2D eigenvalue weighted by atomic mass is 9.33. The van der Waals surface area contributed by atoms with Crippen LogP contribution in [-0.4, -0.2) is 13.4 Å². The van der Waals surface area contributed by atoms with Crippen LogP contribution in [0.15, 0.2) is 158 Å². The minimum Gasteiger partial charge on any atom is -0.344 e. The summed E-state index contributed by atoms with van der Waals surface area (Å²) in [6.07, 6.45) is 0. The molecular formula is C46H34BN3S. The number of para-hydroxylation sites is 3. The van der Waals surface area contributed by atoms with Crippen molar-refractivity contribution in [1.29, 1.82) is 0 Å². The van der Waals surface area contributed by atoms with Gasteiger partial charge in [-0.25, -0.2) is 0 Å². The fourth-order valence-electron chi connectivity index (χ4n) is 9.19. The molecule has 3 aliphatic rings. The number of fused-ring (bicyclic) bond motifs is 7. The van der Waals surface area contributed by atoms with Crippen molar-refractivity contribution in [3.63, 3.8) is 0 Å². The maximum atomic E-state index is 2.59. The van der Waals surface area contributed by atoms with E-state index >= 15 is 0 Å². The van der Waals surface area contributed by atoms with Crippen LogP contribution in [0.2, 0.25) is 0 Å². The van der Waals surface area contributed by atoms with Crippen molar-refractivity contribution >= 4 is 88.7 Å². The Morgan fingerprint density at radius 1 is 0.588 bits per heavy atom. The van der Waals surface area contributed by atoms with Crippen LogP contribution in [0.3, 0.4) is 0 Å². The molecule has 51 heavy (non-hydrogen) atoms. The second kappa shape index (κ2) is 10.6. The fraction of sp³-hybridized carbons (Fsp3) is 0.0870. The van der Waals surface area contributed by atoms with Crippen molar-refractivity contribution in [1.82, 2.24) is 0 Å². The highest BCUT2D eigenvalue weighted by atomic mass is 32.1. The number of hydrogen-bond acceptors (Lipinski definition) is 4. The molecule has 0 spiro atoms. The second-order valence-electron chi connectivity index (χ2n) is 14.5. The molecule has 11 rings (SSSR count). The zero-order chi connectivity index (χ0) is 33.8. The smallest absolute Gasteiger partial charge is 0.252 e. The largest absolute Gasteiger partial charge is 0.344 e. The molecule has 8 aromatic rings. The lowest BCUT2D eigenvalue weighted by Gasteiger charge is -2.54. The van der Waals surface area contributed by atoms with Gasteiger partial charge in [0, 0.05) is 59.9 Å². The monoisotopic (exact) mass is 671 g/mol. The van der Waals surface area contributed by atoms with Gasteiger partial charge in [-0.3, -0.25) is 0 Å². The van der Waals surface area contributed by atoms with Gasteiger partial charge in [-0.15, -0.1) is 11.3 Å². The lowest BCUT2D eigenvalue weighted by molar-refractivity contribution is 0.466. The Morgan fingerprint density at radius 2 is 1.29 bits per heavy atom. The molecule has 0 saturated carbocycles. The van der Waals surface area contributed by atoms with Crippen LogP contribution < -0.4 is 31.1 Å². The summed E-state index contributed by atoms with van der Waals surface area (Å²) in [6.45, 7) is 5.66. The minimum absolute atomic E-state index is 0.116. The van der Waals surface area contributed by atoms with Crippen molar-refractivity contribution in [2.75, 3.05) is 21.4 Å². The van der Waals surface area contributed by atoms with Crippen molar-refractivity contribution in [2.45, 2.75) is 19.4 Å². The van der Waals surface area contributed by atoms with Crippen LogP contribution in [0, 0.1) is 0 Å². The summed E-state index contributed by atoms with van der Waals surface area (Å²) >= 11 is 1.90. The molecule has 0 aliphatic carbocycles. The zero-order valence-corrected chi connectivity index (χ0v) is 29.4. The van der Waals surface area contributed by atoms with Gasteiger partial charge in [-0.1, -0.05) is 109 Å². The van der Waals surface area contributed by atoms with Gasteiger partial charge in [0.25, 0.3) is 6.71 Å². The van der Waals surface area contributed by atoms with E-state index in [1.165, 1.54) is 87.4 Å². The average molecular weight is 672 g/mol. The third-order valence-electron chi connectivity index (χ3n) is 11.5. The van der Waals surface area contributed by atoms with E-state index in [2.05, 4.69) is 186 Å². The SMILES string of the molecule is CC1(C)c2cccc3c2N(CN1c1ccccc1)c1cccc2c1B3c1ccc(-c3cccc4c3sc3ccccc34)cc1N2c1ccccc1. The van der Waals surface area contributed by atoms with Crippen LogP contribution >= 0.6 is 11.3 Å². The second-order valence-corrected chi connectivity index (χ2v) is 15.6. The number of rotatable bonds is 3. The summed E-state index contributed by atoms with van der Waals surface area (Å²) in [6, 6.07) is 58.6. The predicted molar refractivity (Wildman–Crippen MR) is 220 cm³/mol. The molecule has 4 heterocycles. The molecule has 3 aliphatic heterocycles. The first-order valence-electron chi connectivity index (χ1n) is 17.8. The predicted octanol–water partition coefficient (Wildman–Crippen LogP) is 10.2. The van der Waals surface area contributed by atoms with E-state index in [-0.39, 0.29) is 12.3 Å². The van der Waals surface area contributed by atoms with Crippen molar-refractivity contribution in [3.8, 4) is 11.1 Å². The Morgan fingerprint density at radius 3 is 2.14 bits per heavy atom. The van der Waals surface area contributed by atoms with Crippen LogP contribution in [0.1, 0.15) is 19.4 Å². The third kappa shape index (κ3) is 4.01. The van der Waals surface area contributed by atoms with Crippen molar-refractivity contribution < 1.29 is 0 Å². The molecule has 0 saturated heterocycles. The first kappa shape index (κ1) is 29.0. The highest BCUT2D eigenvalue weighted by Crippen LogP contribution is 2.49. The van der Waals surface area contributed by atoms with E-state index in [0.717, 1.165) is 6.67 Å². The van der Waals surface area contributed by atoms with Gasteiger partial charge in [0.2, 0.25) is 0 Å². The van der Waals surface area contributed by atoms with Crippen LogP contribution in [-0.2, 0) is 5.54 Å². The van der Waals surface area contributed by atoms with Crippen LogP contribution in [0.5, 0.6) is 0 Å². The molecule has 0 atom stereocenters. The molecule has 0 fully saturated rings. The number of benzene rings is 7. The summed E-state index contributed by atoms with van der Waals surface area (Å²) in [5.74, 6) is 0. The molecule has 0 bridgehead atoms. The normalized spacial score (nSPS) is 15.2. The number of anilines is 6. The van der Waals surface area contributed by atoms with Gasteiger partial charge >= 0.3 is 0 Å². The Hall–Kier alpha value is -5.78. The fourth-order valence-corrected chi connectivity index (χ4v) is 10.4. The number of nitrogens with zero attached hydrogens (tertiary/aromatic N) is 3. The maximum absolute atomic E-state index is 2.59. The summed E-state index contributed by atoms with van der Waals surface area (Å²) < 4.78 is 2.68. The topological polar surface area (TPSA) is 9.72 Å². The summed E-state index contributed by atoms with van der Waals surface area (Å²) in [5.41, 5.74) is 15.4. The molecule has 5 heteroatoms. The van der Waals surface area contributed by atoms with E-state index in [0.29, 0.717) is 0 Å². The Kier molecular flexibility index (Phi) is 6.04. The van der Waals surface area contributed by atoms with Gasteiger partial charge in [0.15, 0.2) is 0 Å². The van der Waals surface area contributed by atoms with E-state index in [1.807, 2.05) is 11.3 Å². The molecule has 7 aromatic carbocycles. The summed E-state index contributed by atoms with van der Waals surface area (Å²) in [5, 5.41) is 2.66. The number of thiophene rings is 1. The van der Waals surface area contributed by atoms with Crippen LogP contribution in [0.4, 0.5) is 34.1 Å². The number of hydrogen-bond donors (Lipinski definition) is 0. The highest BCUT2D eigenvalue weighted by molar-refractivity contribution is 7.26. The highest BCUT2D eigenvalue weighted by Gasteiger charge is 2.48. The molecule has 0 amide bonds.